The molecule has 7 heterocycles. The Labute approximate surface area is 288 Å². The summed E-state index contributed by atoms with van der Waals surface area (Å²) in [6.07, 6.45) is 7.05. The van der Waals surface area contributed by atoms with Gasteiger partial charge in [-0.3, -0.25) is 14.7 Å². The molecule has 3 saturated heterocycles. The van der Waals surface area contributed by atoms with E-state index in [2.05, 4.69) is 14.9 Å². The minimum absolute atomic E-state index is 0.0541. The van der Waals surface area contributed by atoms with Gasteiger partial charge in [-0.05, 0) is 55.0 Å². The Morgan fingerprint density at radius 3 is 2.72 bits per heavy atom. The lowest BCUT2D eigenvalue weighted by Crippen LogP contribution is -2.63. The number of anilines is 1. The zero-order chi connectivity index (χ0) is 34.5. The van der Waals surface area contributed by atoms with Gasteiger partial charge in [0.15, 0.2) is 11.5 Å². The minimum atomic E-state index is -0.764. The second-order valence-electron chi connectivity index (χ2n) is 13.6. The number of aromatic nitrogens is 4. The number of benzene rings is 1. The molecule has 11 nitrogen and oxygen atoms in total. The summed E-state index contributed by atoms with van der Waals surface area (Å²) in [5, 5.41) is 0.321. The normalized spacial score (nSPS) is 20.7. The summed E-state index contributed by atoms with van der Waals surface area (Å²) in [5.41, 5.74) is 1.30. The number of pyridine rings is 2. The number of ether oxygens (including phenoxy) is 2. The van der Waals surface area contributed by atoms with Crippen LogP contribution in [0.4, 0.5) is 14.6 Å². The Morgan fingerprint density at radius 2 is 1.90 bits per heavy atom. The van der Waals surface area contributed by atoms with Crippen molar-refractivity contribution in [3.8, 4) is 22.7 Å². The van der Waals surface area contributed by atoms with E-state index in [1.165, 1.54) is 22.8 Å². The molecule has 0 spiro atoms. The number of amides is 1. The second kappa shape index (κ2) is 13.2. The molecular formula is C37H39F2N7O4. The molecule has 3 aromatic heterocycles. The molecule has 50 heavy (non-hydrogen) atoms. The van der Waals surface area contributed by atoms with E-state index in [9.17, 15) is 9.59 Å². The predicted molar refractivity (Wildman–Crippen MR) is 184 cm³/mol. The highest BCUT2D eigenvalue weighted by Crippen LogP contribution is 2.41. The van der Waals surface area contributed by atoms with Crippen LogP contribution in [0.25, 0.3) is 28.0 Å². The molecule has 1 amide bonds. The van der Waals surface area contributed by atoms with Crippen LogP contribution < -0.4 is 15.3 Å². The number of aryl methyl sites for hydroxylation is 1. The van der Waals surface area contributed by atoms with Crippen molar-refractivity contribution in [3.05, 3.63) is 82.1 Å². The van der Waals surface area contributed by atoms with Crippen molar-refractivity contribution >= 4 is 22.8 Å². The lowest BCUT2D eigenvalue weighted by atomic mass is 9.96. The highest BCUT2D eigenvalue weighted by molar-refractivity contribution is 5.92. The Hall–Kier alpha value is -4.75. The Bertz CT molecular complexity index is 2060. The highest BCUT2D eigenvalue weighted by atomic mass is 19.1. The number of hydrogen-bond donors (Lipinski definition) is 0. The molecule has 2 atom stereocenters. The fourth-order valence-electron chi connectivity index (χ4n) is 7.71. The average molecular weight is 684 g/mol. The summed E-state index contributed by atoms with van der Waals surface area (Å²) >= 11 is 0. The maximum absolute atomic E-state index is 16.3. The molecule has 8 rings (SSSR count). The molecule has 1 aromatic carbocycles. The standard InChI is InChI=1S/C37H39F2N7O4/c1-22(2)32-34-23(10-12-40-32)6-5-17-50-29-8-3-7-25(38)31(29)33-26(39)20-24-35(42-37(48)46(34)36(24)41-33)44-14-11-27-28(44)21-45(27)30(47)9-4-13-43-15-18-49-19-16-43/h3-4,7-10,12,20,22,27-28H,5-6,11,13-19,21H2,1-2H3/b9-4+. The van der Waals surface area contributed by atoms with Crippen molar-refractivity contribution in [2.24, 2.45) is 0 Å². The zero-order valence-corrected chi connectivity index (χ0v) is 28.1. The van der Waals surface area contributed by atoms with Crippen molar-refractivity contribution in [2.45, 2.75) is 51.1 Å². The second-order valence-corrected chi connectivity index (χ2v) is 13.6. The highest BCUT2D eigenvalue weighted by Gasteiger charge is 2.49. The molecule has 3 fully saturated rings. The maximum Gasteiger partial charge on any atom is 0.355 e. The number of halogens is 2. The van der Waals surface area contributed by atoms with Gasteiger partial charge in [-0.2, -0.15) is 4.98 Å². The predicted octanol–water partition coefficient (Wildman–Crippen LogP) is 4.25. The summed E-state index contributed by atoms with van der Waals surface area (Å²) in [6.45, 7) is 8.97. The van der Waals surface area contributed by atoms with E-state index in [0.29, 0.717) is 74.7 Å². The van der Waals surface area contributed by atoms with Gasteiger partial charge < -0.3 is 19.3 Å². The van der Waals surface area contributed by atoms with Gasteiger partial charge in [0.05, 0.1) is 54.2 Å². The Kier molecular flexibility index (Phi) is 8.55. The number of hydrogen-bond acceptors (Lipinski definition) is 9. The lowest BCUT2D eigenvalue weighted by molar-refractivity contribution is -0.133. The largest absolute Gasteiger partial charge is 0.493 e. The van der Waals surface area contributed by atoms with Crippen LogP contribution in [0.2, 0.25) is 0 Å². The third kappa shape index (κ3) is 5.62. The fourth-order valence-corrected chi connectivity index (χ4v) is 7.71. The molecule has 2 unspecified atom stereocenters. The quantitative estimate of drug-likeness (QED) is 0.286. The Morgan fingerprint density at radius 1 is 1.06 bits per heavy atom. The summed E-state index contributed by atoms with van der Waals surface area (Å²) in [6, 6.07) is 7.36. The van der Waals surface area contributed by atoms with E-state index in [-0.39, 0.29) is 53.2 Å². The molecule has 4 aliphatic heterocycles. The summed E-state index contributed by atoms with van der Waals surface area (Å²) < 4.78 is 44.6. The number of nitrogens with zero attached hydrogens (tertiary/aromatic N) is 7. The van der Waals surface area contributed by atoms with Crippen LogP contribution in [0.1, 0.15) is 43.9 Å². The van der Waals surface area contributed by atoms with Gasteiger partial charge >= 0.3 is 5.69 Å². The molecule has 260 valence electrons. The van der Waals surface area contributed by atoms with Crippen molar-refractivity contribution in [2.75, 3.05) is 57.4 Å². The molecular weight excluding hydrogens is 644 g/mol. The van der Waals surface area contributed by atoms with Crippen molar-refractivity contribution in [3.63, 3.8) is 0 Å². The van der Waals surface area contributed by atoms with Crippen LogP contribution in [0, 0.1) is 11.6 Å². The maximum atomic E-state index is 16.3. The van der Waals surface area contributed by atoms with E-state index in [1.807, 2.05) is 35.8 Å². The number of morpholine rings is 1. The first-order chi connectivity index (χ1) is 24.3. The third-order valence-electron chi connectivity index (χ3n) is 10.2. The first-order valence-electron chi connectivity index (χ1n) is 17.4. The molecule has 0 saturated carbocycles. The van der Waals surface area contributed by atoms with E-state index in [1.54, 1.807) is 18.3 Å². The van der Waals surface area contributed by atoms with Crippen LogP contribution in [-0.4, -0.2) is 99.9 Å². The number of carbonyl (C=O) groups is 1. The first kappa shape index (κ1) is 32.5. The average Bonchev–Trinajstić information content (AvgIpc) is 3.41. The molecule has 4 aromatic rings. The van der Waals surface area contributed by atoms with Crippen LogP contribution in [0.3, 0.4) is 0 Å². The van der Waals surface area contributed by atoms with E-state index >= 15 is 8.78 Å². The molecule has 0 radical (unpaired) electrons. The van der Waals surface area contributed by atoms with Gasteiger partial charge in [0.1, 0.15) is 23.1 Å². The number of rotatable bonds is 5. The van der Waals surface area contributed by atoms with Gasteiger partial charge in [-0.25, -0.2) is 23.1 Å². The number of fused-ring (bicyclic) bond motifs is 6. The summed E-state index contributed by atoms with van der Waals surface area (Å²) in [4.78, 5) is 47.6. The van der Waals surface area contributed by atoms with Crippen LogP contribution in [-0.2, 0) is 16.0 Å². The van der Waals surface area contributed by atoms with Crippen molar-refractivity contribution in [1.29, 1.82) is 0 Å². The monoisotopic (exact) mass is 683 g/mol. The third-order valence-corrected chi connectivity index (χ3v) is 10.2. The van der Waals surface area contributed by atoms with Gasteiger partial charge in [-0.1, -0.05) is 26.0 Å². The van der Waals surface area contributed by atoms with Crippen LogP contribution in [0.15, 0.2) is 53.5 Å². The smallest absolute Gasteiger partial charge is 0.355 e. The van der Waals surface area contributed by atoms with E-state index in [4.69, 9.17) is 14.5 Å². The van der Waals surface area contributed by atoms with Crippen molar-refractivity contribution < 1.29 is 23.0 Å². The number of carbonyl (C=O) groups excluding carboxylic acids is 1. The lowest BCUT2D eigenvalue weighted by Gasteiger charge is -2.46. The molecule has 0 aliphatic carbocycles. The number of likely N-dealkylation sites (tertiary alicyclic amines) is 1. The van der Waals surface area contributed by atoms with Crippen LogP contribution in [0.5, 0.6) is 5.75 Å². The van der Waals surface area contributed by atoms with E-state index in [0.717, 1.165) is 18.7 Å². The van der Waals surface area contributed by atoms with Crippen LogP contribution >= 0.6 is 0 Å². The van der Waals surface area contributed by atoms with Gasteiger partial charge in [0.25, 0.3) is 0 Å². The zero-order valence-electron chi connectivity index (χ0n) is 28.1. The molecule has 4 aliphatic rings. The van der Waals surface area contributed by atoms with Gasteiger partial charge in [-0.15, -0.1) is 0 Å². The molecule has 2 bridgehead atoms. The van der Waals surface area contributed by atoms with Gasteiger partial charge in [0, 0.05) is 45.0 Å². The van der Waals surface area contributed by atoms with Gasteiger partial charge in [0.2, 0.25) is 5.91 Å². The molecule has 0 N–H and O–H groups in total. The molecule has 13 heteroatoms. The SMILES string of the molecule is CC(C)c1nccc2c1-n1c(=O)nc(N3CCC4C3CN4C(=O)/C=C/CN3CCOCC3)c3cc(F)c(nc31)-c1c(F)cccc1OCCC2. The topological polar surface area (TPSA) is 106 Å². The summed E-state index contributed by atoms with van der Waals surface area (Å²) in [7, 11) is 0. The first-order valence-corrected chi connectivity index (χ1v) is 17.4. The van der Waals surface area contributed by atoms with E-state index < -0.39 is 17.3 Å². The fraction of sp³-hybridized carbons (Fsp3) is 0.432. The Balaban J connectivity index is 1.22. The summed E-state index contributed by atoms with van der Waals surface area (Å²) in [5.74, 6) is -1.08. The minimum Gasteiger partial charge on any atom is -0.493 e. The van der Waals surface area contributed by atoms with Crippen molar-refractivity contribution in [1.82, 2.24) is 29.3 Å².